The average molecular weight is 220 g/mol. The van der Waals surface area contributed by atoms with Crippen LogP contribution < -0.4 is 0 Å². The first-order valence-corrected chi connectivity index (χ1v) is 5.83. The zero-order chi connectivity index (χ0) is 11.4. The fourth-order valence-electron chi connectivity index (χ4n) is 1.46. The van der Waals surface area contributed by atoms with Crippen molar-refractivity contribution in [2.24, 2.45) is 0 Å². The van der Waals surface area contributed by atoms with E-state index in [1.165, 1.54) is 19.3 Å². The van der Waals surface area contributed by atoms with Crippen molar-refractivity contribution in [3.63, 3.8) is 0 Å². The summed E-state index contributed by atoms with van der Waals surface area (Å²) in [5.74, 6) is 0. The van der Waals surface area contributed by atoms with E-state index in [1.807, 2.05) is 0 Å². The second-order valence-electron chi connectivity index (χ2n) is 3.75. The Balaban J connectivity index is 2.99. The number of halogens is 2. The van der Waals surface area contributed by atoms with Gasteiger partial charge >= 0.3 is 0 Å². The topological polar surface area (TPSA) is 20.2 Å². The maximum Gasteiger partial charge on any atom is 0.257 e. The summed E-state index contributed by atoms with van der Waals surface area (Å²) in [5, 5.41) is 8.54. The van der Waals surface area contributed by atoms with Crippen molar-refractivity contribution in [2.75, 3.05) is 6.61 Å². The van der Waals surface area contributed by atoms with Gasteiger partial charge in [0.15, 0.2) is 0 Å². The van der Waals surface area contributed by atoms with E-state index in [0.29, 0.717) is 6.61 Å². The SMILES string of the molecule is OCCCCCCCCC/C=C/C(F)F. The lowest BCUT2D eigenvalue weighted by Gasteiger charge is -1.99. The second kappa shape index (κ2) is 11.6. The van der Waals surface area contributed by atoms with Crippen molar-refractivity contribution in [2.45, 2.75) is 57.8 Å². The third-order valence-corrected chi connectivity index (χ3v) is 2.31. The summed E-state index contributed by atoms with van der Waals surface area (Å²) in [5.41, 5.74) is 0. The van der Waals surface area contributed by atoms with E-state index in [9.17, 15) is 8.78 Å². The van der Waals surface area contributed by atoms with E-state index in [1.54, 1.807) is 6.08 Å². The highest BCUT2D eigenvalue weighted by atomic mass is 19.3. The van der Waals surface area contributed by atoms with E-state index < -0.39 is 6.43 Å². The van der Waals surface area contributed by atoms with E-state index in [2.05, 4.69) is 0 Å². The van der Waals surface area contributed by atoms with Crippen LogP contribution in [0.25, 0.3) is 0 Å². The molecule has 1 N–H and O–H groups in total. The number of alkyl halides is 2. The summed E-state index contributed by atoms with van der Waals surface area (Å²) < 4.78 is 23.4. The fourth-order valence-corrected chi connectivity index (χ4v) is 1.46. The number of rotatable bonds is 10. The zero-order valence-corrected chi connectivity index (χ0v) is 9.30. The van der Waals surface area contributed by atoms with Gasteiger partial charge in [-0.05, 0) is 25.3 Å². The summed E-state index contributed by atoms with van der Waals surface area (Å²) in [7, 11) is 0. The minimum absolute atomic E-state index is 0.290. The molecule has 0 amide bonds. The molecular formula is C12H22F2O. The number of unbranched alkanes of at least 4 members (excludes halogenated alkanes) is 7. The lowest BCUT2D eigenvalue weighted by atomic mass is 10.1. The van der Waals surface area contributed by atoms with Gasteiger partial charge in [-0.2, -0.15) is 0 Å². The molecule has 3 heteroatoms. The van der Waals surface area contributed by atoms with Crippen molar-refractivity contribution in [1.29, 1.82) is 0 Å². The Labute approximate surface area is 91.2 Å². The molecule has 0 aliphatic rings. The molecule has 0 atom stereocenters. The maximum atomic E-state index is 11.7. The van der Waals surface area contributed by atoms with Crippen LogP contribution in [0.5, 0.6) is 0 Å². The van der Waals surface area contributed by atoms with Gasteiger partial charge in [-0.3, -0.25) is 0 Å². The molecular weight excluding hydrogens is 198 g/mol. The van der Waals surface area contributed by atoms with E-state index in [4.69, 9.17) is 5.11 Å². The lowest BCUT2D eigenvalue weighted by molar-refractivity contribution is 0.204. The molecule has 0 bridgehead atoms. The highest BCUT2D eigenvalue weighted by molar-refractivity contribution is 4.83. The van der Waals surface area contributed by atoms with E-state index in [-0.39, 0.29) is 0 Å². The first-order valence-electron chi connectivity index (χ1n) is 5.83. The first kappa shape index (κ1) is 14.6. The van der Waals surface area contributed by atoms with Gasteiger partial charge < -0.3 is 5.11 Å². The predicted octanol–water partition coefficient (Wildman–Crippen LogP) is 3.92. The van der Waals surface area contributed by atoms with Crippen LogP contribution in [-0.2, 0) is 0 Å². The smallest absolute Gasteiger partial charge is 0.257 e. The Morgan fingerprint density at radius 3 is 1.93 bits per heavy atom. The largest absolute Gasteiger partial charge is 0.396 e. The maximum absolute atomic E-state index is 11.7. The first-order chi connectivity index (χ1) is 7.27. The highest BCUT2D eigenvalue weighted by Crippen LogP contribution is 2.09. The van der Waals surface area contributed by atoms with Gasteiger partial charge in [0, 0.05) is 6.61 Å². The fraction of sp³-hybridized carbons (Fsp3) is 0.833. The molecule has 0 rings (SSSR count). The molecule has 0 aliphatic carbocycles. The molecule has 0 saturated heterocycles. The summed E-state index contributed by atoms with van der Waals surface area (Å²) in [6.45, 7) is 0.290. The Kier molecular flexibility index (Phi) is 11.3. The Morgan fingerprint density at radius 2 is 1.40 bits per heavy atom. The second-order valence-corrected chi connectivity index (χ2v) is 3.75. The summed E-state index contributed by atoms with van der Waals surface area (Å²) in [4.78, 5) is 0. The number of allylic oxidation sites excluding steroid dienone is 2. The third-order valence-electron chi connectivity index (χ3n) is 2.31. The molecule has 0 spiro atoms. The van der Waals surface area contributed by atoms with Crippen molar-refractivity contribution in [1.82, 2.24) is 0 Å². The van der Waals surface area contributed by atoms with Gasteiger partial charge in [-0.15, -0.1) is 0 Å². The minimum atomic E-state index is -2.30. The number of hydrogen-bond donors (Lipinski definition) is 1. The molecule has 0 saturated carbocycles. The van der Waals surface area contributed by atoms with Crippen molar-refractivity contribution >= 4 is 0 Å². The molecule has 0 aromatic rings. The monoisotopic (exact) mass is 220 g/mol. The Bertz CT molecular complexity index is 147. The summed E-state index contributed by atoms with van der Waals surface area (Å²) >= 11 is 0. The molecule has 0 unspecified atom stereocenters. The van der Waals surface area contributed by atoms with Crippen LogP contribution in [-0.4, -0.2) is 18.1 Å². The summed E-state index contributed by atoms with van der Waals surface area (Å²) in [6, 6.07) is 0. The van der Waals surface area contributed by atoms with Gasteiger partial charge in [0.1, 0.15) is 0 Å². The molecule has 0 aromatic carbocycles. The van der Waals surface area contributed by atoms with Crippen molar-refractivity contribution in [3.8, 4) is 0 Å². The molecule has 0 heterocycles. The molecule has 0 aliphatic heterocycles. The quantitative estimate of drug-likeness (QED) is 0.437. The van der Waals surface area contributed by atoms with Crippen molar-refractivity contribution in [3.05, 3.63) is 12.2 Å². The van der Waals surface area contributed by atoms with Gasteiger partial charge in [0.25, 0.3) is 6.43 Å². The van der Waals surface area contributed by atoms with Crippen LogP contribution in [0.2, 0.25) is 0 Å². The highest BCUT2D eigenvalue weighted by Gasteiger charge is 1.93. The third kappa shape index (κ3) is 13.6. The molecule has 0 aromatic heterocycles. The van der Waals surface area contributed by atoms with Gasteiger partial charge in [-0.25, -0.2) is 8.78 Å². The molecule has 15 heavy (non-hydrogen) atoms. The molecule has 0 radical (unpaired) electrons. The van der Waals surface area contributed by atoms with Crippen molar-refractivity contribution < 1.29 is 13.9 Å². The van der Waals surface area contributed by atoms with Crippen LogP contribution in [0.4, 0.5) is 8.78 Å². The average Bonchev–Trinajstić information content (AvgIpc) is 2.20. The van der Waals surface area contributed by atoms with Crippen LogP contribution in [0.15, 0.2) is 12.2 Å². The zero-order valence-electron chi connectivity index (χ0n) is 9.30. The Hall–Kier alpha value is -0.440. The van der Waals surface area contributed by atoms with Crippen LogP contribution >= 0.6 is 0 Å². The Morgan fingerprint density at radius 1 is 0.867 bits per heavy atom. The van der Waals surface area contributed by atoms with Crippen LogP contribution in [0.3, 0.4) is 0 Å². The van der Waals surface area contributed by atoms with Crippen LogP contribution in [0, 0.1) is 0 Å². The normalized spacial score (nSPS) is 11.7. The number of hydrogen-bond acceptors (Lipinski definition) is 1. The lowest BCUT2D eigenvalue weighted by Crippen LogP contribution is -1.84. The standard InChI is InChI=1S/C12H22F2O/c13-12(14)10-8-6-4-2-1-3-5-7-9-11-15/h8,10,12,15H,1-7,9,11H2/b10-8+. The summed E-state index contributed by atoms with van der Waals surface area (Å²) in [6.07, 6.45) is 8.65. The van der Waals surface area contributed by atoms with Gasteiger partial charge in [-0.1, -0.05) is 38.2 Å². The predicted molar refractivity (Wildman–Crippen MR) is 59.2 cm³/mol. The van der Waals surface area contributed by atoms with E-state index in [0.717, 1.165) is 38.2 Å². The number of aliphatic hydroxyl groups excluding tert-OH is 1. The van der Waals surface area contributed by atoms with Gasteiger partial charge in [0.2, 0.25) is 0 Å². The molecule has 1 nitrogen and oxygen atoms in total. The minimum Gasteiger partial charge on any atom is -0.396 e. The van der Waals surface area contributed by atoms with Gasteiger partial charge in [0.05, 0.1) is 0 Å². The number of aliphatic hydroxyl groups is 1. The van der Waals surface area contributed by atoms with Crippen LogP contribution in [0.1, 0.15) is 51.4 Å². The van der Waals surface area contributed by atoms with E-state index >= 15 is 0 Å². The molecule has 90 valence electrons. The molecule has 0 fully saturated rings.